The van der Waals surface area contributed by atoms with E-state index in [0.717, 1.165) is 12.2 Å². The van der Waals surface area contributed by atoms with Crippen LogP contribution in [0.1, 0.15) is 38.5 Å². The van der Waals surface area contributed by atoms with Crippen molar-refractivity contribution in [3.05, 3.63) is 30.3 Å². The summed E-state index contributed by atoms with van der Waals surface area (Å²) in [6.45, 7) is 3.70. The summed E-state index contributed by atoms with van der Waals surface area (Å²) >= 11 is 0. The van der Waals surface area contributed by atoms with Crippen LogP contribution in [0.5, 0.6) is 0 Å². The van der Waals surface area contributed by atoms with Gasteiger partial charge < -0.3 is 15.1 Å². The van der Waals surface area contributed by atoms with Crippen LogP contribution >= 0.6 is 0 Å². The molecule has 1 aromatic rings. The zero-order valence-corrected chi connectivity index (χ0v) is 15.4. The zero-order valence-electron chi connectivity index (χ0n) is 15.4. The van der Waals surface area contributed by atoms with Gasteiger partial charge in [0.1, 0.15) is 0 Å². The van der Waals surface area contributed by atoms with Gasteiger partial charge in [0.2, 0.25) is 11.8 Å². The van der Waals surface area contributed by atoms with Crippen molar-refractivity contribution >= 4 is 17.5 Å². The van der Waals surface area contributed by atoms with Gasteiger partial charge in [-0.15, -0.1) is 0 Å². The molecule has 0 radical (unpaired) electrons. The molecule has 0 saturated carbocycles. The number of carbonyl (C=O) groups is 2. The Hall–Kier alpha value is -1.88. The molecule has 3 fully saturated rings. The fraction of sp³-hybridized carbons (Fsp3) is 0.619. The van der Waals surface area contributed by atoms with E-state index >= 15 is 0 Å². The molecule has 0 aliphatic carbocycles. The van der Waals surface area contributed by atoms with Crippen molar-refractivity contribution in [1.82, 2.24) is 10.2 Å². The normalized spacial score (nSPS) is 29.5. The lowest BCUT2D eigenvalue weighted by molar-refractivity contribution is -0.126. The molecule has 0 unspecified atom stereocenters. The number of nitrogens with zero attached hydrogens (tertiary/aromatic N) is 2. The summed E-state index contributed by atoms with van der Waals surface area (Å²) in [5, 5.41) is 3.18. The first-order valence-electron chi connectivity index (χ1n) is 10.1. The Balaban J connectivity index is 1.32. The second-order valence-corrected chi connectivity index (χ2v) is 7.99. The van der Waals surface area contributed by atoms with Gasteiger partial charge in [0.15, 0.2) is 0 Å². The van der Waals surface area contributed by atoms with Crippen molar-refractivity contribution in [2.24, 2.45) is 11.8 Å². The highest BCUT2D eigenvalue weighted by molar-refractivity contribution is 6.00. The zero-order chi connectivity index (χ0) is 17.9. The Morgan fingerprint density at radius 1 is 1.08 bits per heavy atom. The standard InChI is InChI=1S/C21H29N3O2/c25-20-13-17(15-24(20)18-8-2-1-3-9-18)21(26)22-14-16-7-6-12-23-11-5-4-10-19(16)23/h1-3,8-9,16-17,19H,4-7,10-15H2,(H,22,26)/t16-,17-,19-/m0/s1. The number of fused-ring (bicyclic) bond motifs is 1. The van der Waals surface area contributed by atoms with Crippen LogP contribution in [0.25, 0.3) is 0 Å². The molecule has 1 N–H and O–H groups in total. The third kappa shape index (κ3) is 3.63. The summed E-state index contributed by atoms with van der Waals surface area (Å²) < 4.78 is 0. The van der Waals surface area contributed by atoms with Gasteiger partial charge in [-0.05, 0) is 56.8 Å². The second kappa shape index (κ2) is 7.78. The number of para-hydroxylation sites is 1. The minimum Gasteiger partial charge on any atom is -0.355 e. The summed E-state index contributed by atoms with van der Waals surface area (Å²) in [5.41, 5.74) is 0.887. The summed E-state index contributed by atoms with van der Waals surface area (Å²) in [5.74, 6) is 0.432. The summed E-state index contributed by atoms with van der Waals surface area (Å²) in [7, 11) is 0. The fourth-order valence-electron chi connectivity index (χ4n) is 4.93. The first-order valence-corrected chi connectivity index (χ1v) is 10.1. The predicted molar refractivity (Wildman–Crippen MR) is 102 cm³/mol. The van der Waals surface area contributed by atoms with Crippen LogP contribution in [0, 0.1) is 11.8 Å². The molecule has 4 rings (SSSR count). The minimum absolute atomic E-state index is 0.0460. The summed E-state index contributed by atoms with van der Waals surface area (Å²) in [6, 6.07) is 10.3. The maximum absolute atomic E-state index is 12.7. The SMILES string of the molecule is O=C(NC[C@@H]1CCCN2CCCC[C@@H]12)[C@H]1CC(=O)N(c2ccccc2)C1. The van der Waals surface area contributed by atoms with Crippen LogP contribution in [0.2, 0.25) is 0 Å². The van der Waals surface area contributed by atoms with E-state index in [2.05, 4.69) is 10.2 Å². The molecule has 3 atom stereocenters. The van der Waals surface area contributed by atoms with Gasteiger partial charge in [-0.25, -0.2) is 0 Å². The Morgan fingerprint density at radius 3 is 2.73 bits per heavy atom. The molecule has 3 saturated heterocycles. The van der Waals surface area contributed by atoms with Crippen molar-refractivity contribution in [3.8, 4) is 0 Å². The van der Waals surface area contributed by atoms with Crippen molar-refractivity contribution in [2.45, 2.75) is 44.6 Å². The highest BCUT2D eigenvalue weighted by Crippen LogP contribution is 2.31. The van der Waals surface area contributed by atoms with Gasteiger partial charge in [0, 0.05) is 31.2 Å². The van der Waals surface area contributed by atoms with Gasteiger partial charge in [-0.1, -0.05) is 24.6 Å². The van der Waals surface area contributed by atoms with Crippen molar-refractivity contribution in [1.29, 1.82) is 0 Å². The van der Waals surface area contributed by atoms with E-state index in [1.54, 1.807) is 4.90 Å². The molecule has 5 nitrogen and oxygen atoms in total. The number of rotatable bonds is 4. The van der Waals surface area contributed by atoms with Crippen LogP contribution in [-0.2, 0) is 9.59 Å². The molecule has 0 aromatic heterocycles. The number of hydrogen-bond acceptors (Lipinski definition) is 3. The molecule has 26 heavy (non-hydrogen) atoms. The average molecular weight is 355 g/mol. The third-order valence-electron chi connectivity index (χ3n) is 6.33. The molecule has 1 aromatic carbocycles. The molecule has 2 amide bonds. The molecule has 3 heterocycles. The predicted octanol–water partition coefficient (Wildman–Crippen LogP) is 2.42. The van der Waals surface area contributed by atoms with Crippen LogP contribution in [0.3, 0.4) is 0 Å². The number of anilines is 1. The molecule has 140 valence electrons. The third-order valence-corrected chi connectivity index (χ3v) is 6.33. The van der Waals surface area contributed by atoms with E-state index in [0.29, 0.717) is 24.9 Å². The van der Waals surface area contributed by atoms with Gasteiger partial charge in [-0.2, -0.15) is 0 Å². The monoisotopic (exact) mass is 355 g/mol. The molecule has 0 spiro atoms. The lowest BCUT2D eigenvalue weighted by atomic mass is 9.83. The van der Waals surface area contributed by atoms with E-state index in [4.69, 9.17) is 0 Å². The number of amides is 2. The van der Waals surface area contributed by atoms with E-state index in [-0.39, 0.29) is 17.7 Å². The molecular weight excluding hydrogens is 326 g/mol. The molecule has 0 bridgehead atoms. The number of carbonyl (C=O) groups excluding carboxylic acids is 2. The minimum atomic E-state index is -0.228. The first kappa shape index (κ1) is 17.5. The van der Waals surface area contributed by atoms with E-state index < -0.39 is 0 Å². The van der Waals surface area contributed by atoms with Gasteiger partial charge in [0.25, 0.3) is 0 Å². The topological polar surface area (TPSA) is 52.7 Å². The van der Waals surface area contributed by atoms with Crippen molar-refractivity contribution in [2.75, 3.05) is 31.1 Å². The second-order valence-electron chi connectivity index (χ2n) is 7.99. The van der Waals surface area contributed by atoms with Crippen molar-refractivity contribution < 1.29 is 9.59 Å². The molecule has 3 aliphatic heterocycles. The lowest BCUT2D eigenvalue weighted by Gasteiger charge is -2.44. The van der Waals surface area contributed by atoms with E-state index in [1.165, 1.54) is 45.2 Å². The lowest BCUT2D eigenvalue weighted by Crippen LogP contribution is -2.51. The smallest absolute Gasteiger partial charge is 0.227 e. The largest absolute Gasteiger partial charge is 0.355 e. The number of benzene rings is 1. The highest BCUT2D eigenvalue weighted by Gasteiger charge is 2.37. The van der Waals surface area contributed by atoms with E-state index in [9.17, 15) is 9.59 Å². The Bertz CT molecular complexity index is 646. The number of nitrogens with one attached hydrogen (secondary N) is 1. The van der Waals surface area contributed by atoms with E-state index in [1.807, 2.05) is 30.3 Å². The van der Waals surface area contributed by atoms with Crippen LogP contribution in [0.4, 0.5) is 5.69 Å². The highest BCUT2D eigenvalue weighted by atomic mass is 16.2. The van der Waals surface area contributed by atoms with Crippen molar-refractivity contribution in [3.63, 3.8) is 0 Å². The maximum atomic E-state index is 12.7. The maximum Gasteiger partial charge on any atom is 0.227 e. The quantitative estimate of drug-likeness (QED) is 0.902. The molecule has 5 heteroatoms. The van der Waals surface area contributed by atoms with Crippen LogP contribution < -0.4 is 10.2 Å². The molecular formula is C21H29N3O2. The fourth-order valence-corrected chi connectivity index (χ4v) is 4.93. The Labute approximate surface area is 155 Å². The van der Waals surface area contributed by atoms with Crippen LogP contribution in [-0.4, -0.2) is 48.9 Å². The number of piperidine rings is 2. The van der Waals surface area contributed by atoms with Gasteiger partial charge >= 0.3 is 0 Å². The first-order chi connectivity index (χ1) is 12.7. The molecule has 3 aliphatic rings. The van der Waals surface area contributed by atoms with Gasteiger partial charge in [0.05, 0.1) is 5.92 Å². The Morgan fingerprint density at radius 2 is 1.88 bits per heavy atom. The van der Waals surface area contributed by atoms with Gasteiger partial charge in [-0.3, -0.25) is 9.59 Å². The van der Waals surface area contributed by atoms with Crippen LogP contribution in [0.15, 0.2) is 30.3 Å². The average Bonchev–Trinajstić information content (AvgIpc) is 3.08. The summed E-state index contributed by atoms with van der Waals surface area (Å²) in [4.78, 5) is 29.4. The Kier molecular flexibility index (Phi) is 5.25. The number of hydrogen-bond donors (Lipinski definition) is 1. The summed E-state index contributed by atoms with van der Waals surface area (Å²) in [6.07, 6.45) is 6.66.